The summed E-state index contributed by atoms with van der Waals surface area (Å²) in [7, 11) is 0. The molecule has 0 amide bonds. The maximum Gasteiger partial charge on any atom is 0.196 e. The maximum absolute atomic E-state index is 5.11. The van der Waals surface area contributed by atoms with Crippen LogP contribution in [-0.4, -0.2) is 19.9 Å². The van der Waals surface area contributed by atoms with Crippen LogP contribution in [0.4, 0.5) is 0 Å². The van der Waals surface area contributed by atoms with Crippen molar-refractivity contribution in [2.24, 2.45) is 0 Å². The third-order valence-corrected chi connectivity index (χ3v) is 6.77. The highest BCUT2D eigenvalue weighted by Gasteiger charge is 2.04. The Hall–Kier alpha value is -2.32. The molecule has 0 aliphatic heterocycles. The van der Waals surface area contributed by atoms with Gasteiger partial charge in [-0.25, -0.2) is 19.9 Å². The Kier molecular flexibility index (Phi) is 28.7. The van der Waals surface area contributed by atoms with Gasteiger partial charge in [0.1, 0.15) is 12.5 Å². The van der Waals surface area contributed by atoms with Crippen molar-refractivity contribution in [3.63, 3.8) is 0 Å². The van der Waals surface area contributed by atoms with Gasteiger partial charge < -0.3 is 8.83 Å². The van der Waals surface area contributed by atoms with E-state index >= 15 is 0 Å². The molecule has 4 rings (SSSR count). The van der Waals surface area contributed by atoms with Crippen LogP contribution in [0.1, 0.15) is 161 Å². The van der Waals surface area contributed by atoms with Gasteiger partial charge in [0.05, 0.1) is 27.1 Å². The molecule has 4 aromatic heterocycles. The first-order valence-electron chi connectivity index (χ1n) is 12.5. The zero-order chi connectivity index (χ0) is 27.4. The summed E-state index contributed by atoms with van der Waals surface area (Å²) in [6, 6.07) is 0. The average Bonchev–Trinajstić information content (AvgIpc) is 3.58. The van der Waals surface area contributed by atoms with Crippen LogP contribution in [-0.2, 0) is 0 Å². The van der Waals surface area contributed by atoms with Crippen LogP contribution in [0.3, 0.4) is 0 Å². The third kappa shape index (κ3) is 19.4. The van der Waals surface area contributed by atoms with E-state index in [9.17, 15) is 0 Å². The van der Waals surface area contributed by atoms with E-state index in [2.05, 4.69) is 86.1 Å². The van der Waals surface area contributed by atoms with Crippen LogP contribution in [0.5, 0.6) is 0 Å². The fraction of sp³-hybridized carbons (Fsp3) is 0.636. The largest absolute Gasteiger partial charge is 0.449 e. The summed E-state index contributed by atoms with van der Waals surface area (Å²) in [6.07, 6.45) is 3.38. The minimum atomic E-state index is 0. The highest BCUT2D eigenvalue weighted by Crippen LogP contribution is 2.18. The molecule has 41 heavy (non-hydrogen) atoms. The summed E-state index contributed by atoms with van der Waals surface area (Å²) in [5.74, 6) is 3.62. The van der Waals surface area contributed by atoms with Crippen molar-refractivity contribution < 1.29 is 8.83 Å². The molecule has 0 saturated heterocycles. The third-order valence-electron chi connectivity index (χ3n) is 4.72. The van der Waals surface area contributed by atoms with Crippen molar-refractivity contribution >= 4 is 22.7 Å². The summed E-state index contributed by atoms with van der Waals surface area (Å²) in [4.78, 5) is 16.9. The number of hydrogen-bond acceptors (Lipinski definition) is 8. The summed E-state index contributed by atoms with van der Waals surface area (Å²) < 4.78 is 10.1. The highest BCUT2D eigenvalue weighted by atomic mass is 32.1. The van der Waals surface area contributed by atoms with Crippen molar-refractivity contribution in [1.82, 2.24) is 19.9 Å². The van der Waals surface area contributed by atoms with E-state index in [-0.39, 0.29) is 37.1 Å². The summed E-state index contributed by atoms with van der Waals surface area (Å²) in [6.45, 7) is 24.8. The fourth-order valence-electron chi connectivity index (χ4n) is 2.57. The molecule has 4 heterocycles. The Morgan fingerprint density at radius 1 is 0.537 bits per heavy atom. The molecule has 0 N–H and O–H groups in total. The second kappa shape index (κ2) is 24.3. The second-order valence-electron chi connectivity index (χ2n) is 9.86. The van der Waals surface area contributed by atoms with Gasteiger partial charge in [0.2, 0.25) is 0 Å². The molecule has 0 radical (unpaired) electrons. The molecule has 0 aliphatic rings. The van der Waals surface area contributed by atoms with Gasteiger partial charge in [0, 0.05) is 35.2 Å². The van der Waals surface area contributed by atoms with Crippen LogP contribution in [0.15, 0.2) is 32.1 Å². The predicted molar refractivity (Wildman–Crippen MR) is 186 cm³/mol. The predicted octanol–water partition coefficient (Wildman–Crippen LogP) is 12.5. The summed E-state index contributed by atoms with van der Waals surface area (Å²) in [5.41, 5.74) is 4.35. The summed E-state index contributed by atoms with van der Waals surface area (Å²) >= 11 is 3.47. The lowest BCUT2D eigenvalue weighted by Gasteiger charge is -1.95. The topological polar surface area (TPSA) is 77.8 Å². The number of nitrogens with zero attached hydrogens (tertiary/aromatic N) is 4. The smallest absolute Gasteiger partial charge is 0.196 e. The Balaban J connectivity index is -0.000000135. The van der Waals surface area contributed by atoms with E-state index < -0.39 is 0 Å². The SMILES string of the molecule is C.C.C.C.C.Cc1coc(C(C)C)n1.Cc1csc(C(C)C)n1.Cc1nc(C(C)C)co1.Cc1nc(C(C)C)cs1. The molecule has 240 valence electrons. The second-order valence-corrected chi connectivity index (χ2v) is 11.8. The molecule has 0 atom stereocenters. The van der Waals surface area contributed by atoms with E-state index in [1.807, 2.05) is 27.7 Å². The van der Waals surface area contributed by atoms with E-state index in [4.69, 9.17) is 8.83 Å². The van der Waals surface area contributed by atoms with Gasteiger partial charge in [-0.05, 0) is 32.6 Å². The zero-order valence-electron chi connectivity index (χ0n) is 24.0. The van der Waals surface area contributed by atoms with Crippen molar-refractivity contribution in [2.45, 2.75) is 144 Å². The fourth-order valence-corrected chi connectivity index (χ4v) is 4.15. The number of oxazole rings is 2. The molecule has 6 nitrogen and oxygen atoms in total. The van der Waals surface area contributed by atoms with Crippen LogP contribution < -0.4 is 0 Å². The number of hydrogen-bond donors (Lipinski definition) is 0. The van der Waals surface area contributed by atoms with Gasteiger partial charge in [0.15, 0.2) is 11.8 Å². The van der Waals surface area contributed by atoms with Crippen molar-refractivity contribution in [1.29, 1.82) is 0 Å². The van der Waals surface area contributed by atoms with Gasteiger partial charge >= 0.3 is 0 Å². The Labute approximate surface area is 262 Å². The van der Waals surface area contributed by atoms with Gasteiger partial charge in [-0.3, -0.25) is 0 Å². The first-order valence-corrected chi connectivity index (χ1v) is 14.2. The molecule has 0 aliphatic carbocycles. The van der Waals surface area contributed by atoms with Crippen LogP contribution in [0, 0.1) is 27.7 Å². The molecular formula is C33H64N4O2S2. The minimum Gasteiger partial charge on any atom is -0.449 e. The van der Waals surface area contributed by atoms with E-state index in [0.717, 1.165) is 28.9 Å². The van der Waals surface area contributed by atoms with E-state index in [0.29, 0.717) is 23.7 Å². The highest BCUT2D eigenvalue weighted by molar-refractivity contribution is 7.09. The molecule has 0 unspecified atom stereocenters. The van der Waals surface area contributed by atoms with Gasteiger partial charge in [-0.15, -0.1) is 22.7 Å². The molecule has 0 bridgehead atoms. The number of rotatable bonds is 4. The number of aryl methyl sites for hydroxylation is 4. The maximum atomic E-state index is 5.11. The Morgan fingerprint density at radius 3 is 1.29 bits per heavy atom. The van der Waals surface area contributed by atoms with E-state index in [1.165, 1.54) is 15.7 Å². The normalized spacial score (nSPS) is 9.37. The monoisotopic (exact) mass is 612 g/mol. The molecule has 0 fully saturated rings. The Morgan fingerprint density at radius 2 is 1.10 bits per heavy atom. The Bertz CT molecular complexity index is 945. The molecule has 8 heteroatoms. The number of thiazole rings is 2. The molecule has 4 aromatic rings. The average molecular weight is 613 g/mol. The first kappa shape index (κ1) is 48.4. The van der Waals surface area contributed by atoms with Crippen molar-refractivity contribution in [2.75, 3.05) is 0 Å². The van der Waals surface area contributed by atoms with Gasteiger partial charge in [-0.2, -0.15) is 0 Å². The van der Waals surface area contributed by atoms with E-state index in [1.54, 1.807) is 35.2 Å². The molecule has 0 spiro atoms. The van der Waals surface area contributed by atoms with Crippen LogP contribution >= 0.6 is 22.7 Å². The lowest BCUT2D eigenvalue weighted by Crippen LogP contribution is -1.85. The van der Waals surface area contributed by atoms with Gasteiger partial charge in [0.25, 0.3) is 0 Å². The van der Waals surface area contributed by atoms with Crippen molar-refractivity contribution in [3.8, 4) is 0 Å². The standard InChI is InChI=1S/2C7H11NO.2C7H11NS.5CH4/c1-5(2)7-4-9-6(3)8-7;1-5(2)7-8-6(3)4-9-7;1-5(2)7-4-9-6(3)8-7;1-5(2)7-8-6(3)4-9-7;;;;;/h4*4-5H,1-3H3;5*1H4. The summed E-state index contributed by atoms with van der Waals surface area (Å²) in [5, 5.41) is 6.63. The molecular weight excluding hydrogens is 549 g/mol. The quantitative estimate of drug-likeness (QED) is 0.228. The van der Waals surface area contributed by atoms with Crippen LogP contribution in [0.2, 0.25) is 0 Å². The van der Waals surface area contributed by atoms with Crippen LogP contribution in [0.25, 0.3) is 0 Å². The lowest BCUT2D eigenvalue weighted by atomic mass is 10.2. The van der Waals surface area contributed by atoms with Crippen molar-refractivity contribution in [3.05, 3.63) is 67.9 Å². The number of aromatic nitrogens is 4. The molecule has 0 aromatic carbocycles. The lowest BCUT2D eigenvalue weighted by molar-refractivity contribution is 0.471. The van der Waals surface area contributed by atoms with Gasteiger partial charge in [-0.1, -0.05) is 92.5 Å². The minimum absolute atomic E-state index is 0. The first-order chi connectivity index (χ1) is 16.8. The molecule has 0 saturated carbocycles. The zero-order valence-corrected chi connectivity index (χ0v) is 25.7.